The predicted molar refractivity (Wildman–Crippen MR) is 350 cm³/mol. The fraction of sp³-hybridized carbons (Fsp3) is 0.389. The van der Waals surface area contributed by atoms with E-state index in [1.54, 1.807) is 26.0 Å². The highest BCUT2D eigenvalue weighted by Crippen LogP contribution is 2.62. The largest absolute Gasteiger partial charge is 0.504 e. The first kappa shape index (κ1) is 64.9. The number of benzene rings is 6. The van der Waals surface area contributed by atoms with Gasteiger partial charge in [0.15, 0.2) is 46.0 Å². The van der Waals surface area contributed by atoms with E-state index in [2.05, 4.69) is 26.8 Å². The monoisotopic (exact) mass is 1360 g/mol. The molecular formula is C72H68N10O18. The number of nitriles is 2. The number of hydrogen-bond donors (Lipinski definition) is 3. The van der Waals surface area contributed by atoms with E-state index >= 15 is 0 Å². The quantitative estimate of drug-likeness (QED) is 0.0328. The topological polar surface area (TPSA) is 353 Å². The smallest absolute Gasteiger partial charge is 0.308 e. The molecule has 28 heteroatoms. The first-order valence-corrected chi connectivity index (χ1v) is 32.6. The molecule has 100 heavy (non-hydrogen) atoms. The molecule has 4 amide bonds. The molecule has 10 aliphatic rings. The highest BCUT2D eigenvalue weighted by molar-refractivity contribution is 6.22. The number of phenols is 2. The van der Waals surface area contributed by atoms with Crippen molar-refractivity contribution in [1.82, 2.24) is 29.4 Å². The third-order valence-corrected chi connectivity index (χ3v) is 21.9. The number of nitrogens with zero attached hydrogens (tertiary/aromatic N) is 9. The number of methoxy groups -OCH3 is 2. The van der Waals surface area contributed by atoms with Crippen LogP contribution in [-0.2, 0) is 35.3 Å². The molecule has 2 saturated heterocycles. The number of phenolic OH excluding ortho intramolecular Hbond substituents is 2. The van der Waals surface area contributed by atoms with Gasteiger partial charge in [-0.2, -0.15) is 10.5 Å². The van der Waals surface area contributed by atoms with Gasteiger partial charge >= 0.3 is 11.9 Å². The SMILES string of the molecule is COc1c(C)cc2c(c1O)[C@@H]1[C@@H]3Cc4c(OC(C)=O)c(C)c5c(c4[C@H](CN4C(=O)c6ccc(N)cc6C4=O)N3[C@@H](C#N)[C@H](C2)N1C)OCO5.COc1c(C)cc2c(c1O)[C@@H]1[C@@H]3Cc4c(OC(C)=O)c(C)c5c(c4[C@H](CN4C(=O)c6ccc([N+](=O)[O-])cc6C4=O)N3[C@@H](C#N)[C@H](C2)N1C)OCO5. The van der Waals surface area contributed by atoms with Crippen LogP contribution in [0, 0.1) is 60.5 Å². The van der Waals surface area contributed by atoms with Crippen LogP contribution in [-0.4, -0.2) is 171 Å². The van der Waals surface area contributed by atoms with Gasteiger partial charge in [-0.05, 0) is 114 Å². The lowest BCUT2D eigenvalue weighted by Crippen LogP contribution is -2.68. The van der Waals surface area contributed by atoms with Gasteiger partial charge in [-0.15, -0.1) is 0 Å². The van der Waals surface area contributed by atoms with Crippen LogP contribution in [0.1, 0.15) is 146 Å². The summed E-state index contributed by atoms with van der Waals surface area (Å²) in [4.78, 5) is 102. The van der Waals surface area contributed by atoms with E-state index in [1.165, 1.54) is 51.2 Å². The third kappa shape index (κ3) is 9.29. The maximum absolute atomic E-state index is 14.0. The van der Waals surface area contributed by atoms with Crippen LogP contribution in [0.3, 0.4) is 0 Å². The summed E-state index contributed by atoms with van der Waals surface area (Å²) in [5, 5.41) is 56.9. The standard InChI is InChI=1S/C36H33N5O10.C36H35N5O8/c1-15-8-18-9-23-25(12-37)40-24(29(38(23)4)27(18)30(43)31(15)48-5)11-22-28(34-33(49-14-50-34)16(2)32(22)51-17(3)42)26(40)13-39-35(44)20-7-6-19(41(46)47)10-21(20)36(39)45;1-15-8-18-9-23-25(12-37)41-24(29(39(23)4)27(18)30(43)31(15)46-5)11-22-28(34-33(47-14-48-34)16(2)32(22)49-17(3)42)26(41)13-40-35(44)20-7-6-19(38)10-21(20)36(40)45/h6-8,10,23-26,29,43H,9,11,13-14H2,1-5H3;6-8,10,23-26,29,43H,9,11,13-14,38H2,1-5H3/t2*23-,24-,25-,26-,29-/m00/s1. The van der Waals surface area contributed by atoms with Crippen LogP contribution in [0.25, 0.3) is 0 Å². The zero-order valence-corrected chi connectivity index (χ0v) is 56.1. The lowest BCUT2D eigenvalue weighted by molar-refractivity contribution is -0.384. The second-order valence-corrected chi connectivity index (χ2v) is 26.9. The van der Waals surface area contributed by atoms with Crippen molar-refractivity contribution in [2.45, 2.75) is 128 Å². The Morgan fingerprint density at radius 3 is 1.38 bits per heavy atom. The number of carbonyl (C=O) groups is 6. The molecule has 10 heterocycles. The first-order chi connectivity index (χ1) is 47.8. The minimum atomic E-state index is -0.888. The molecule has 6 aromatic carbocycles. The lowest BCUT2D eigenvalue weighted by atomic mass is 9.71. The molecular weight excluding hydrogens is 1290 g/mol. The lowest BCUT2D eigenvalue weighted by Gasteiger charge is -2.60. The van der Waals surface area contributed by atoms with Gasteiger partial charge in [-0.25, -0.2) is 0 Å². The summed E-state index contributed by atoms with van der Waals surface area (Å²) in [6.07, 6.45) is 1.41. The van der Waals surface area contributed by atoms with Gasteiger partial charge in [0.1, 0.15) is 23.6 Å². The third-order valence-electron chi connectivity index (χ3n) is 21.9. The zero-order valence-electron chi connectivity index (χ0n) is 56.1. The Labute approximate surface area is 572 Å². The number of ether oxygens (including phenoxy) is 8. The van der Waals surface area contributed by atoms with Gasteiger partial charge in [-0.1, -0.05) is 12.1 Å². The van der Waals surface area contributed by atoms with Crippen molar-refractivity contribution in [3.63, 3.8) is 0 Å². The summed E-state index contributed by atoms with van der Waals surface area (Å²) >= 11 is 0. The highest BCUT2D eigenvalue weighted by atomic mass is 16.7. The average molecular weight is 1360 g/mol. The fourth-order valence-electron chi connectivity index (χ4n) is 18.0. The summed E-state index contributed by atoms with van der Waals surface area (Å²) in [5.41, 5.74) is 14.5. The molecule has 0 spiro atoms. The Morgan fingerprint density at radius 1 is 0.580 bits per heavy atom. The van der Waals surface area contributed by atoms with Crippen LogP contribution >= 0.6 is 0 Å². The first-order valence-electron chi connectivity index (χ1n) is 32.6. The maximum atomic E-state index is 14.0. The molecule has 10 aliphatic heterocycles. The average Bonchev–Trinajstić information content (AvgIpc) is 1.31. The number of anilines is 1. The van der Waals surface area contributed by atoms with Gasteiger partial charge in [0.2, 0.25) is 13.6 Å². The number of imide groups is 2. The van der Waals surface area contributed by atoms with Crippen molar-refractivity contribution >= 4 is 46.9 Å². The van der Waals surface area contributed by atoms with Gasteiger partial charge in [0.05, 0.1) is 77.7 Å². The molecule has 514 valence electrons. The van der Waals surface area contributed by atoms with E-state index < -0.39 is 88.8 Å². The molecule has 4 N–H and O–H groups in total. The zero-order chi connectivity index (χ0) is 70.8. The maximum Gasteiger partial charge on any atom is 0.308 e. The number of nitrogen functional groups attached to an aromatic ring is 1. The van der Waals surface area contributed by atoms with Crippen molar-refractivity contribution < 1.29 is 81.8 Å². The van der Waals surface area contributed by atoms with Gasteiger partial charge in [0, 0.05) is 113 Å². The van der Waals surface area contributed by atoms with Crippen molar-refractivity contribution in [1.29, 1.82) is 10.5 Å². The number of piperazine rings is 2. The number of non-ortho nitro benzene ring substituents is 1. The minimum absolute atomic E-state index is 0.00970. The van der Waals surface area contributed by atoms with Crippen molar-refractivity contribution in [2.75, 3.05) is 60.7 Å². The number of carbonyl (C=O) groups excluding carboxylic acids is 6. The second kappa shape index (κ2) is 23.6. The van der Waals surface area contributed by atoms with Crippen molar-refractivity contribution in [3.8, 4) is 69.6 Å². The fourth-order valence-corrected chi connectivity index (χ4v) is 18.0. The molecule has 0 aromatic heterocycles. The van der Waals surface area contributed by atoms with E-state index in [1.807, 2.05) is 45.0 Å². The number of aryl methyl sites for hydroxylation is 2. The number of esters is 2. The summed E-state index contributed by atoms with van der Waals surface area (Å²) in [5.74, 6) is -0.601. The highest BCUT2D eigenvalue weighted by Gasteiger charge is 2.60. The summed E-state index contributed by atoms with van der Waals surface area (Å²) in [6.45, 7) is 9.27. The van der Waals surface area contributed by atoms with E-state index in [9.17, 15) is 59.6 Å². The Morgan fingerprint density at radius 2 is 0.980 bits per heavy atom. The van der Waals surface area contributed by atoms with Crippen molar-refractivity contribution in [3.05, 3.63) is 148 Å². The van der Waals surface area contributed by atoms with E-state index in [4.69, 9.17) is 43.6 Å². The van der Waals surface area contributed by atoms with Gasteiger partial charge < -0.3 is 53.8 Å². The van der Waals surface area contributed by atoms with Gasteiger partial charge in [0.25, 0.3) is 29.3 Å². The molecule has 2 fully saturated rings. The van der Waals surface area contributed by atoms with Crippen LogP contribution < -0.4 is 43.6 Å². The molecule has 0 radical (unpaired) electrons. The number of fused-ring (bicyclic) bond motifs is 20. The molecule has 10 atom stereocenters. The van der Waals surface area contributed by atoms with Gasteiger partial charge in [-0.3, -0.25) is 68.3 Å². The molecule has 6 aromatic rings. The Kier molecular flexibility index (Phi) is 15.3. The normalized spacial score (nSPS) is 24.6. The molecule has 16 rings (SSSR count). The Hall–Kier alpha value is -11.0. The molecule has 4 bridgehead atoms. The number of hydrogen-bond acceptors (Lipinski definition) is 25. The number of nitrogens with two attached hydrogens (primary N) is 1. The van der Waals surface area contributed by atoms with Crippen LogP contribution in [0.2, 0.25) is 0 Å². The van der Waals surface area contributed by atoms with Crippen LogP contribution in [0.5, 0.6) is 57.5 Å². The van der Waals surface area contributed by atoms with Crippen molar-refractivity contribution in [2.24, 2.45) is 0 Å². The molecule has 0 aliphatic carbocycles. The van der Waals surface area contributed by atoms with Crippen LogP contribution in [0.15, 0.2) is 48.5 Å². The van der Waals surface area contributed by atoms with E-state index in [-0.39, 0.29) is 90.4 Å². The van der Waals surface area contributed by atoms with E-state index in [0.717, 1.165) is 33.2 Å². The number of amides is 4. The number of nitro groups is 1. The van der Waals surface area contributed by atoms with E-state index in [0.29, 0.717) is 110 Å². The minimum Gasteiger partial charge on any atom is -0.504 e. The summed E-state index contributed by atoms with van der Waals surface area (Å²) < 4.78 is 47.0. The number of likely N-dealkylation sites (N-methyl/N-ethyl adjacent to an activating group) is 2. The number of nitro benzene ring substituents is 1. The summed E-state index contributed by atoms with van der Waals surface area (Å²) in [6, 6.07) is 11.4. The predicted octanol–water partition coefficient (Wildman–Crippen LogP) is 6.97. The Bertz CT molecular complexity index is 4810. The molecule has 0 saturated carbocycles. The molecule has 0 unspecified atom stereocenters. The Balaban J connectivity index is 0.000000163. The number of aromatic hydroxyl groups is 2. The van der Waals surface area contributed by atoms with Crippen LogP contribution in [0.4, 0.5) is 11.4 Å². The summed E-state index contributed by atoms with van der Waals surface area (Å²) in [7, 11) is 6.86. The second-order valence-electron chi connectivity index (χ2n) is 26.9. The number of rotatable bonds is 9. The molecule has 28 nitrogen and oxygen atoms in total.